The number of nitrogens with one attached hydrogen (secondary N) is 1. The first-order chi connectivity index (χ1) is 8.79. The highest BCUT2D eigenvalue weighted by molar-refractivity contribution is 5.75. The van der Waals surface area contributed by atoms with E-state index in [0.29, 0.717) is 12.4 Å². The summed E-state index contributed by atoms with van der Waals surface area (Å²) in [6, 6.07) is 9.71. The molecule has 0 fully saturated rings. The topological polar surface area (TPSA) is 67.2 Å². The minimum atomic E-state index is -0.168. The van der Waals surface area contributed by atoms with Crippen LogP contribution in [0.25, 0.3) is 0 Å². The van der Waals surface area contributed by atoms with Gasteiger partial charge in [-0.1, -0.05) is 30.3 Å². The summed E-state index contributed by atoms with van der Waals surface area (Å²) >= 11 is 0. The first kappa shape index (κ1) is 12.3. The molecule has 18 heavy (non-hydrogen) atoms. The first-order valence-corrected chi connectivity index (χ1v) is 5.71. The predicted molar refractivity (Wildman–Crippen MR) is 66.4 cm³/mol. The molecule has 1 aromatic carbocycles. The minimum Gasteiger partial charge on any atom is -0.388 e. The van der Waals surface area contributed by atoms with Crippen molar-refractivity contribution in [3.63, 3.8) is 0 Å². The Kier molecular flexibility index (Phi) is 4.09. The number of rotatable bonds is 5. The molecule has 0 bridgehead atoms. The third-order valence-electron chi connectivity index (χ3n) is 2.59. The van der Waals surface area contributed by atoms with Crippen molar-refractivity contribution in [2.24, 2.45) is 0 Å². The third kappa shape index (κ3) is 3.18. The molecule has 0 radical (unpaired) electrons. The van der Waals surface area contributed by atoms with Gasteiger partial charge in [-0.05, 0) is 5.56 Å². The van der Waals surface area contributed by atoms with E-state index in [4.69, 9.17) is 5.11 Å². The molecule has 1 aromatic heterocycles. The fourth-order valence-electron chi connectivity index (χ4n) is 1.64. The molecule has 2 rings (SSSR count). The molecule has 2 N–H and O–H groups in total. The van der Waals surface area contributed by atoms with Gasteiger partial charge in [-0.2, -0.15) is 0 Å². The van der Waals surface area contributed by atoms with Crippen molar-refractivity contribution < 1.29 is 9.90 Å². The Balaban J connectivity index is 1.86. The number of imidazole rings is 1. The predicted octanol–water partition coefficient (Wildman–Crippen LogP) is 0.692. The standard InChI is InChI=1S/C13H15N3O2/c17-10-12-14-6-7-16(12)9-13(18)15-8-11-4-2-1-3-5-11/h1-7,17H,8-10H2,(H,15,18). The summed E-state index contributed by atoms with van der Waals surface area (Å²) in [4.78, 5) is 15.6. The van der Waals surface area contributed by atoms with E-state index < -0.39 is 0 Å². The highest BCUT2D eigenvalue weighted by Crippen LogP contribution is 1.99. The number of nitrogens with zero attached hydrogens (tertiary/aromatic N) is 2. The van der Waals surface area contributed by atoms with Crippen LogP contribution in [0.4, 0.5) is 0 Å². The Labute approximate surface area is 105 Å². The number of benzene rings is 1. The van der Waals surface area contributed by atoms with Crippen molar-refractivity contribution in [3.8, 4) is 0 Å². The molecule has 5 nitrogen and oxygen atoms in total. The summed E-state index contributed by atoms with van der Waals surface area (Å²) < 4.78 is 1.63. The van der Waals surface area contributed by atoms with E-state index in [9.17, 15) is 4.79 Å². The van der Waals surface area contributed by atoms with Crippen molar-refractivity contribution >= 4 is 5.91 Å². The molecule has 0 aliphatic carbocycles. The number of aliphatic hydroxyl groups excluding tert-OH is 1. The van der Waals surface area contributed by atoms with Gasteiger partial charge in [0.15, 0.2) is 0 Å². The lowest BCUT2D eigenvalue weighted by molar-refractivity contribution is -0.121. The summed E-state index contributed by atoms with van der Waals surface area (Å²) in [5, 5.41) is 11.8. The van der Waals surface area contributed by atoms with Gasteiger partial charge in [-0.15, -0.1) is 0 Å². The maximum atomic E-state index is 11.7. The number of aromatic nitrogens is 2. The SMILES string of the molecule is O=C(Cn1ccnc1CO)NCc1ccccc1. The molecule has 1 amide bonds. The number of carbonyl (C=O) groups is 1. The van der Waals surface area contributed by atoms with E-state index >= 15 is 0 Å². The van der Waals surface area contributed by atoms with Crippen LogP contribution < -0.4 is 5.32 Å². The van der Waals surface area contributed by atoms with E-state index in [1.165, 1.54) is 0 Å². The third-order valence-corrected chi connectivity index (χ3v) is 2.59. The molecule has 0 aliphatic heterocycles. The van der Waals surface area contributed by atoms with Crippen molar-refractivity contribution in [1.29, 1.82) is 0 Å². The maximum absolute atomic E-state index is 11.7. The van der Waals surface area contributed by atoms with Gasteiger partial charge in [0.2, 0.25) is 5.91 Å². The Morgan fingerprint density at radius 2 is 2.11 bits per heavy atom. The fourth-order valence-corrected chi connectivity index (χ4v) is 1.64. The van der Waals surface area contributed by atoms with Gasteiger partial charge in [0.1, 0.15) is 19.0 Å². The van der Waals surface area contributed by atoms with Crippen LogP contribution in [0, 0.1) is 0 Å². The van der Waals surface area contributed by atoms with Crippen LogP contribution >= 0.6 is 0 Å². The quantitative estimate of drug-likeness (QED) is 0.814. The summed E-state index contributed by atoms with van der Waals surface area (Å²) in [6.07, 6.45) is 3.24. The first-order valence-electron chi connectivity index (χ1n) is 5.71. The lowest BCUT2D eigenvalue weighted by Crippen LogP contribution is -2.27. The molecule has 0 aliphatic rings. The van der Waals surface area contributed by atoms with Gasteiger partial charge in [-0.25, -0.2) is 4.98 Å². The highest BCUT2D eigenvalue weighted by atomic mass is 16.3. The van der Waals surface area contributed by atoms with Gasteiger partial charge >= 0.3 is 0 Å². The van der Waals surface area contributed by atoms with E-state index in [0.717, 1.165) is 5.56 Å². The average molecular weight is 245 g/mol. The van der Waals surface area contributed by atoms with Crippen LogP contribution in [-0.2, 0) is 24.5 Å². The summed E-state index contributed by atoms with van der Waals surface area (Å²) in [5.41, 5.74) is 1.05. The van der Waals surface area contributed by atoms with Gasteiger partial charge in [0.25, 0.3) is 0 Å². The van der Waals surface area contributed by atoms with Crippen LogP contribution in [0.5, 0.6) is 0 Å². The second-order valence-corrected chi connectivity index (χ2v) is 3.89. The number of aliphatic hydroxyl groups is 1. The molecule has 0 saturated carbocycles. The number of carbonyl (C=O) groups excluding carboxylic acids is 1. The second kappa shape index (κ2) is 5.97. The van der Waals surface area contributed by atoms with Gasteiger partial charge in [-0.3, -0.25) is 4.79 Å². The average Bonchev–Trinajstić information content (AvgIpc) is 2.85. The van der Waals surface area contributed by atoms with Gasteiger partial charge in [0, 0.05) is 18.9 Å². The van der Waals surface area contributed by atoms with Gasteiger partial charge in [0.05, 0.1) is 0 Å². The van der Waals surface area contributed by atoms with E-state index in [1.54, 1.807) is 17.0 Å². The summed E-state index contributed by atoms with van der Waals surface area (Å²) in [5.74, 6) is 0.386. The van der Waals surface area contributed by atoms with Crippen LogP contribution in [0.3, 0.4) is 0 Å². The Hall–Kier alpha value is -2.14. The number of hydrogen-bond acceptors (Lipinski definition) is 3. The maximum Gasteiger partial charge on any atom is 0.240 e. The van der Waals surface area contributed by atoms with E-state index in [-0.39, 0.29) is 19.1 Å². The smallest absolute Gasteiger partial charge is 0.240 e. The fraction of sp³-hybridized carbons (Fsp3) is 0.231. The van der Waals surface area contributed by atoms with E-state index in [1.807, 2.05) is 30.3 Å². The van der Waals surface area contributed by atoms with Crippen LogP contribution in [0.1, 0.15) is 11.4 Å². The van der Waals surface area contributed by atoms with Crippen LogP contribution in [0.2, 0.25) is 0 Å². The molecule has 0 spiro atoms. The lowest BCUT2D eigenvalue weighted by atomic mass is 10.2. The molecule has 2 aromatic rings. The zero-order valence-corrected chi connectivity index (χ0v) is 9.91. The second-order valence-electron chi connectivity index (χ2n) is 3.89. The molecule has 1 heterocycles. The lowest BCUT2D eigenvalue weighted by Gasteiger charge is -2.07. The molecule has 5 heteroatoms. The summed E-state index contributed by atoms with van der Waals surface area (Å²) in [7, 11) is 0. The molecule has 0 atom stereocenters. The Morgan fingerprint density at radius 3 is 2.83 bits per heavy atom. The molecule has 0 saturated heterocycles. The monoisotopic (exact) mass is 245 g/mol. The zero-order chi connectivity index (χ0) is 12.8. The number of amides is 1. The Morgan fingerprint density at radius 1 is 1.33 bits per heavy atom. The highest BCUT2D eigenvalue weighted by Gasteiger charge is 2.06. The van der Waals surface area contributed by atoms with Crippen molar-refractivity contribution in [2.45, 2.75) is 19.7 Å². The van der Waals surface area contributed by atoms with Crippen LogP contribution in [0.15, 0.2) is 42.7 Å². The normalized spacial score (nSPS) is 10.3. The van der Waals surface area contributed by atoms with Crippen molar-refractivity contribution in [2.75, 3.05) is 0 Å². The van der Waals surface area contributed by atoms with Gasteiger partial charge < -0.3 is 15.0 Å². The largest absolute Gasteiger partial charge is 0.388 e. The van der Waals surface area contributed by atoms with Crippen molar-refractivity contribution in [1.82, 2.24) is 14.9 Å². The molecule has 94 valence electrons. The van der Waals surface area contributed by atoms with Crippen LogP contribution in [-0.4, -0.2) is 20.6 Å². The molecular weight excluding hydrogens is 230 g/mol. The molecule has 0 unspecified atom stereocenters. The molecular formula is C13H15N3O2. The minimum absolute atomic E-state index is 0.105. The zero-order valence-electron chi connectivity index (χ0n) is 9.91. The number of hydrogen-bond donors (Lipinski definition) is 2. The van der Waals surface area contributed by atoms with Crippen molar-refractivity contribution in [3.05, 3.63) is 54.1 Å². The summed E-state index contributed by atoms with van der Waals surface area (Å²) in [6.45, 7) is 0.504. The Bertz CT molecular complexity index is 508. The van der Waals surface area contributed by atoms with E-state index in [2.05, 4.69) is 10.3 Å².